The van der Waals surface area contributed by atoms with Gasteiger partial charge in [0.05, 0.1) is 0 Å². The van der Waals surface area contributed by atoms with Gasteiger partial charge in [0, 0.05) is 51.9 Å². The molecule has 34 heavy (non-hydrogen) atoms. The number of carbonyl (C=O) groups excluding carboxylic acids is 1. The fraction of sp³-hybridized carbons (Fsp3) is 0.0385. The Kier molecular flexibility index (Phi) is 5.47. The molecule has 0 bridgehead atoms. The van der Waals surface area contributed by atoms with Crippen molar-refractivity contribution in [1.82, 2.24) is 9.97 Å². The van der Waals surface area contributed by atoms with E-state index in [0.717, 1.165) is 34.2 Å². The van der Waals surface area contributed by atoms with Gasteiger partial charge in [0.2, 0.25) is 0 Å². The van der Waals surface area contributed by atoms with E-state index in [4.69, 9.17) is 0 Å². The van der Waals surface area contributed by atoms with Crippen molar-refractivity contribution in [3.8, 4) is 0 Å². The van der Waals surface area contributed by atoms with Crippen molar-refractivity contribution in [1.29, 1.82) is 0 Å². The summed E-state index contributed by atoms with van der Waals surface area (Å²) in [7, 11) is 0. The summed E-state index contributed by atoms with van der Waals surface area (Å²) in [5.41, 5.74) is 2.47. The van der Waals surface area contributed by atoms with Crippen LogP contribution in [-0.2, 0) is 6.54 Å². The molecule has 3 N–H and O–H groups in total. The number of anilines is 2. The Morgan fingerprint density at radius 1 is 0.912 bits per heavy atom. The minimum atomic E-state index is -0.813. The van der Waals surface area contributed by atoms with Crippen LogP contribution in [0.25, 0.3) is 21.8 Å². The maximum absolute atomic E-state index is 13.4. The summed E-state index contributed by atoms with van der Waals surface area (Å²) in [5, 5.41) is 8.23. The lowest BCUT2D eigenvalue weighted by Gasteiger charge is -2.12. The van der Waals surface area contributed by atoms with Gasteiger partial charge in [-0.2, -0.15) is 0 Å². The quantitative estimate of drug-likeness (QED) is 0.317. The molecule has 8 heteroatoms. The Balaban J connectivity index is 1.34. The molecule has 168 valence electrons. The first kappa shape index (κ1) is 21.3. The normalized spacial score (nSPS) is 11.0. The highest BCUT2D eigenvalue weighted by Crippen LogP contribution is 2.27. The highest BCUT2D eigenvalue weighted by atomic mass is 19.1. The molecule has 1 amide bonds. The van der Waals surface area contributed by atoms with Gasteiger partial charge in [-0.25, -0.2) is 13.8 Å². The Labute approximate surface area is 192 Å². The number of H-pyrrole nitrogens is 1. The van der Waals surface area contributed by atoms with Crippen LogP contribution in [-0.4, -0.2) is 15.9 Å². The van der Waals surface area contributed by atoms with Crippen molar-refractivity contribution in [2.45, 2.75) is 6.54 Å². The Hall–Kier alpha value is -4.59. The van der Waals surface area contributed by atoms with Crippen LogP contribution in [0.15, 0.2) is 83.8 Å². The third-order valence-electron chi connectivity index (χ3n) is 5.44. The number of hydrogen-bond donors (Lipinski definition) is 3. The molecule has 0 aliphatic rings. The molecule has 0 aliphatic carbocycles. The van der Waals surface area contributed by atoms with E-state index in [1.807, 2.05) is 36.4 Å². The second-order valence-corrected chi connectivity index (χ2v) is 7.74. The van der Waals surface area contributed by atoms with E-state index in [9.17, 15) is 18.4 Å². The highest BCUT2D eigenvalue weighted by Gasteiger charge is 2.11. The van der Waals surface area contributed by atoms with E-state index < -0.39 is 17.5 Å². The van der Waals surface area contributed by atoms with Crippen molar-refractivity contribution < 1.29 is 13.6 Å². The summed E-state index contributed by atoms with van der Waals surface area (Å²) in [6.07, 6.45) is 1.63. The van der Waals surface area contributed by atoms with E-state index in [1.165, 1.54) is 0 Å². The lowest BCUT2D eigenvalue weighted by Crippen LogP contribution is -2.12. The number of fused-ring (bicyclic) bond motifs is 3. The zero-order valence-electron chi connectivity index (χ0n) is 17.7. The lowest BCUT2D eigenvalue weighted by molar-refractivity contribution is 0.102. The number of rotatable bonds is 5. The standard InChI is InChI=1S/C26H18F2N4O2/c27-17-11-16(12-18(28)13-17)25(33)31-19-7-5-15(6-8-19)14-30-22-9-10-29-24-23(22)20-3-1-2-4-21(20)26(34)32-24/h1-13H,14H2,(H,31,33)(H2,29,30,32,34). The molecule has 2 heterocycles. The largest absolute Gasteiger partial charge is 0.380 e. The van der Waals surface area contributed by atoms with E-state index in [0.29, 0.717) is 29.3 Å². The number of pyridine rings is 2. The zero-order chi connectivity index (χ0) is 23.7. The number of nitrogens with zero attached hydrogens (tertiary/aromatic N) is 1. The van der Waals surface area contributed by atoms with Crippen molar-refractivity contribution in [3.63, 3.8) is 0 Å². The zero-order valence-corrected chi connectivity index (χ0v) is 17.7. The first-order valence-electron chi connectivity index (χ1n) is 10.5. The molecule has 5 rings (SSSR count). The van der Waals surface area contributed by atoms with Crippen LogP contribution < -0.4 is 16.2 Å². The average molecular weight is 456 g/mol. The van der Waals surface area contributed by atoms with Crippen LogP contribution in [0, 0.1) is 11.6 Å². The van der Waals surface area contributed by atoms with Gasteiger partial charge in [0.25, 0.3) is 11.5 Å². The number of nitrogens with one attached hydrogen (secondary N) is 3. The van der Waals surface area contributed by atoms with Crippen LogP contribution in [0.5, 0.6) is 0 Å². The summed E-state index contributed by atoms with van der Waals surface area (Å²) in [5.74, 6) is -2.23. The molecule has 0 spiro atoms. The van der Waals surface area contributed by atoms with Crippen molar-refractivity contribution >= 4 is 39.1 Å². The lowest BCUT2D eigenvalue weighted by atomic mass is 10.1. The maximum atomic E-state index is 13.4. The molecule has 5 aromatic rings. The maximum Gasteiger partial charge on any atom is 0.257 e. The van der Waals surface area contributed by atoms with Gasteiger partial charge in [0.15, 0.2) is 0 Å². The summed E-state index contributed by atoms with van der Waals surface area (Å²) in [6, 6.07) is 19.0. The van der Waals surface area contributed by atoms with E-state index in [1.54, 1.807) is 24.4 Å². The molecule has 0 fully saturated rings. The Morgan fingerprint density at radius 3 is 2.35 bits per heavy atom. The van der Waals surface area contributed by atoms with Crippen LogP contribution in [0.4, 0.5) is 20.2 Å². The third-order valence-corrected chi connectivity index (χ3v) is 5.44. The number of halogens is 2. The molecule has 6 nitrogen and oxygen atoms in total. The van der Waals surface area contributed by atoms with Crippen molar-refractivity contribution in [2.75, 3.05) is 10.6 Å². The first-order valence-corrected chi connectivity index (χ1v) is 10.5. The van der Waals surface area contributed by atoms with Gasteiger partial charge in [-0.15, -0.1) is 0 Å². The molecular formula is C26H18F2N4O2. The molecule has 3 aromatic carbocycles. The second kappa shape index (κ2) is 8.74. The first-order chi connectivity index (χ1) is 16.5. The molecule has 0 atom stereocenters. The summed E-state index contributed by atoms with van der Waals surface area (Å²) >= 11 is 0. The molecule has 0 saturated carbocycles. The topological polar surface area (TPSA) is 86.9 Å². The average Bonchev–Trinajstić information content (AvgIpc) is 2.83. The Bertz CT molecular complexity index is 1580. The molecule has 0 aliphatic heterocycles. The van der Waals surface area contributed by atoms with Gasteiger partial charge in [0.1, 0.15) is 17.3 Å². The molecular weight excluding hydrogens is 438 g/mol. The van der Waals surface area contributed by atoms with Crippen molar-refractivity contribution in [2.24, 2.45) is 0 Å². The second-order valence-electron chi connectivity index (χ2n) is 7.74. The van der Waals surface area contributed by atoms with Crippen LogP contribution >= 0.6 is 0 Å². The summed E-state index contributed by atoms with van der Waals surface area (Å²) in [4.78, 5) is 31.7. The SMILES string of the molecule is O=C(Nc1ccc(CNc2ccnc3[nH]c(=O)c4ccccc4c23)cc1)c1cc(F)cc(F)c1. The fourth-order valence-corrected chi connectivity index (χ4v) is 3.84. The third kappa shape index (κ3) is 4.21. The van der Waals surface area contributed by atoms with E-state index in [2.05, 4.69) is 20.6 Å². The number of benzene rings is 3. The van der Waals surface area contributed by atoms with Gasteiger partial charge >= 0.3 is 0 Å². The predicted octanol–water partition coefficient (Wildman–Crippen LogP) is 5.22. The molecule has 0 unspecified atom stereocenters. The van der Waals surface area contributed by atoms with Crippen molar-refractivity contribution in [3.05, 3.63) is 112 Å². The monoisotopic (exact) mass is 456 g/mol. The number of carbonyl (C=O) groups is 1. The minimum Gasteiger partial charge on any atom is -0.380 e. The van der Waals surface area contributed by atoms with Gasteiger partial charge in [-0.3, -0.25) is 9.59 Å². The van der Waals surface area contributed by atoms with E-state index >= 15 is 0 Å². The Morgan fingerprint density at radius 2 is 1.62 bits per heavy atom. The summed E-state index contributed by atoms with van der Waals surface area (Å²) in [6.45, 7) is 0.482. The fourth-order valence-electron chi connectivity index (χ4n) is 3.84. The minimum absolute atomic E-state index is 0.0990. The van der Waals surface area contributed by atoms with Gasteiger partial charge in [-0.05, 0) is 42.0 Å². The number of hydrogen-bond acceptors (Lipinski definition) is 4. The smallest absolute Gasteiger partial charge is 0.257 e. The van der Waals surface area contributed by atoms with Crippen LogP contribution in [0.3, 0.4) is 0 Å². The number of aromatic nitrogens is 2. The molecule has 0 saturated heterocycles. The number of aromatic amines is 1. The van der Waals surface area contributed by atoms with E-state index in [-0.39, 0.29) is 11.1 Å². The summed E-state index contributed by atoms with van der Waals surface area (Å²) < 4.78 is 26.7. The van der Waals surface area contributed by atoms with Gasteiger partial charge in [-0.1, -0.05) is 30.3 Å². The van der Waals surface area contributed by atoms with Crippen LogP contribution in [0.2, 0.25) is 0 Å². The van der Waals surface area contributed by atoms with Crippen LogP contribution in [0.1, 0.15) is 15.9 Å². The number of amides is 1. The molecule has 2 aromatic heterocycles. The highest BCUT2D eigenvalue weighted by molar-refractivity contribution is 6.10. The predicted molar refractivity (Wildman–Crippen MR) is 128 cm³/mol. The van der Waals surface area contributed by atoms with Gasteiger partial charge < -0.3 is 15.6 Å². The molecule has 0 radical (unpaired) electrons.